The molecule has 0 aliphatic carbocycles. The van der Waals surface area contributed by atoms with Gasteiger partial charge in [-0.1, -0.05) is 36.4 Å². The van der Waals surface area contributed by atoms with Gasteiger partial charge in [-0.2, -0.15) is 5.10 Å². The molecule has 1 heterocycles. The van der Waals surface area contributed by atoms with Crippen molar-refractivity contribution in [2.45, 2.75) is 13.1 Å². The van der Waals surface area contributed by atoms with E-state index in [-0.39, 0.29) is 0 Å². The number of nitrogens with two attached hydrogens (primary N) is 1. The molecule has 0 amide bonds. The number of nitrogens with one attached hydrogen (secondary N) is 1. The third-order valence-electron chi connectivity index (χ3n) is 3.43. The van der Waals surface area contributed by atoms with Crippen molar-refractivity contribution in [3.8, 4) is 5.69 Å². The summed E-state index contributed by atoms with van der Waals surface area (Å²) in [5.41, 5.74) is 10.2. The predicted molar refractivity (Wildman–Crippen MR) is 85.0 cm³/mol. The van der Waals surface area contributed by atoms with Gasteiger partial charge in [0.1, 0.15) is 0 Å². The van der Waals surface area contributed by atoms with Crippen LogP contribution in [0.5, 0.6) is 0 Å². The Bertz CT molecular complexity index is 704. The summed E-state index contributed by atoms with van der Waals surface area (Å²) in [6.45, 7) is 1.52. The fourth-order valence-electron chi connectivity index (χ4n) is 2.32. The van der Waals surface area contributed by atoms with E-state index in [1.54, 1.807) is 6.20 Å². The summed E-state index contributed by atoms with van der Waals surface area (Å²) < 4.78 is 1.88. The molecule has 1 aromatic heterocycles. The second-order valence-electron chi connectivity index (χ2n) is 4.88. The Morgan fingerprint density at radius 3 is 2.38 bits per heavy atom. The Hall–Kier alpha value is -2.59. The number of nitrogens with zero attached hydrogens (tertiary/aromatic N) is 2. The maximum Gasteiger partial charge on any atom is 0.0690 e. The van der Waals surface area contributed by atoms with Gasteiger partial charge in [0.15, 0.2) is 0 Å². The third-order valence-corrected chi connectivity index (χ3v) is 3.43. The van der Waals surface area contributed by atoms with Crippen molar-refractivity contribution in [2.75, 3.05) is 5.73 Å². The minimum Gasteiger partial charge on any atom is -0.398 e. The van der Waals surface area contributed by atoms with E-state index < -0.39 is 0 Å². The first-order chi connectivity index (χ1) is 10.3. The molecular weight excluding hydrogens is 260 g/mol. The average Bonchev–Trinajstić information content (AvgIpc) is 3.04. The highest BCUT2D eigenvalue weighted by Crippen LogP contribution is 2.14. The summed E-state index contributed by atoms with van der Waals surface area (Å²) >= 11 is 0. The number of benzene rings is 2. The second-order valence-corrected chi connectivity index (χ2v) is 4.88. The first-order valence-corrected chi connectivity index (χ1v) is 6.96. The Morgan fingerprint density at radius 1 is 0.905 bits per heavy atom. The summed E-state index contributed by atoms with van der Waals surface area (Å²) in [6, 6.07) is 18.1. The lowest BCUT2D eigenvalue weighted by Gasteiger charge is -2.11. The van der Waals surface area contributed by atoms with Gasteiger partial charge in [0.05, 0.1) is 5.69 Å². The lowest BCUT2D eigenvalue weighted by atomic mass is 10.1. The van der Waals surface area contributed by atoms with Gasteiger partial charge in [-0.15, -0.1) is 0 Å². The molecule has 4 heteroatoms. The normalized spacial score (nSPS) is 10.7. The molecule has 0 spiro atoms. The fraction of sp³-hybridized carbons (Fsp3) is 0.118. The molecule has 0 fully saturated rings. The Morgan fingerprint density at radius 2 is 1.62 bits per heavy atom. The molecule has 0 saturated heterocycles. The quantitative estimate of drug-likeness (QED) is 0.706. The molecule has 0 saturated carbocycles. The van der Waals surface area contributed by atoms with Crippen LogP contribution in [0.2, 0.25) is 0 Å². The molecule has 0 bridgehead atoms. The monoisotopic (exact) mass is 278 g/mol. The van der Waals surface area contributed by atoms with E-state index in [0.717, 1.165) is 30.0 Å². The summed E-state index contributed by atoms with van der Waals surface area (Å²) in [5.74, 6) is 0. The number of anilines is 1. The average molecular weight is 278 g/mol. The van der Waals surface area contributed by atoms with E-state index in [0.29, 0.717) is 0 Å². The van der Waals surface area contributed by atoms with Crippen LogP contribution in [0.1, 0.15) is 11.1 Å². The third kappa shape index (κ3) is 3.12. The first-order valence-electron chi connectivity index (χ1n) is 6.96. The standard InChI is InChI=1S/C17H18N4/c18-16-8-3-1-6-14(16)12-19-13-15-7-2-4-9-17(15)21-11-5-10-20-21/h1-11,19H,12-13,18H2. The van der Waals surface area contributed by atoms with Crippen molar-refractivity contribution in [3.63, 3.8) is 0 Å². The van der Waals surface area contributed by atoms with Gasteiger partial charge < -0.3 is 11.1 Å². The second kappa shape index (κ2) is 6.24. The zero-order valence-corrected chi connectivity index (χ0v) is 11.7. The van der Waals surface area contributed by atoms with E-state index in [4.69, 9.17) is 5.73 Å². The summed E-state index contributed by atoms with van der Waals surface area (Å²) in [5, 5.41) is 7.74. The SMILES string of the molecule is Nc1ccccc1CNCc1ccccc1-n1cccn1. The summed E-state index contributed by atoms with van der Waals surface area (Å²) in [7, 11) is 0. The molecule has 2 aromatic carbocycles. The molecule has 3 rings (SSSR count). The Balaban J connectivity index is 1.70. The smallest absolute Gasteiger partial charge is 0.0690 e. The van der Waals surface area contributed by atoms with Gasteiger partial charge in [-0.05, 0) is 29.3 Å². The van der Waals surface area contributed by atoms with E-state index in [2.05, 4.69) is 22.5 Å². The van der Waals surface area contributed by atoms with Gasteiger partial charge in [-0.25, -0.2) is 4.68 Å². The molecule has 0 aliphatic heterocycles. The molecular formula is C17H18N4. The van der Waals surface area contributed by atoms with Crippen LogP contribution < -0.4 is 11.1 Å². The van der Waals surface area contributed by atoms with Gasteiger partial charge in [-0.3, -0.25) is 0 Å². The minimum atomic E-state index is 0.750. The topological polar surface area (TPSA) is 55.9 Å². The molecule has 4 nitrogen and oxygen atoms in total. The van der Waals surface area contributed by atoms with E-state index in [1.807, 2.05) is 53.3 Å². The van der Waals surface area contributed by atoms with Crippen molar-refractivity contribution >= 4 is 5.69 Å². The molecule has 0 aliphatic rings. The summed E-state index contributed by atoms with van der Waals surface area (Å²) in [4.78, 5) is 0. The zero-order chi connectivity index (χ0) is 14.5. The van der Waals surface area contributed by atoms with E-state index >= 15 is 0 Å². The van der Waals surface area contributed by atoms with Gasteiger partial charge in [0.2, 0.25) is 0 Å². The molecule has 3 aromatic rings. The number of para-hydroxylation sites is 2. The lowest BCUT2D eigenvalue weighted by molar-refractivity contribution is 0.687. The van der Waals surface area contributed by atoms with Crippen LogP contribution >= 0.6 is 0 Å². The molecule has 106 valence electrons. The van der Waals surface area contributed by atoms with E-state index in [1.165, 1.54) is 5.56 Å². The highest BCUT2D eigenvalue weighted by Gasteiger charge is 2.04. The lowest BCUT2D eigenvalue weighted by Crippen LogP contribution is -2.15. The number of rotatable bonds is 5. The molecule has 21 heavy (non-hydrogen) atoms. The molecule has 0 atom stereocenters. The van der Waals surface area contributed by atoms with Crippen molar-refractivity contribution in [2.24, 2.45) is 0 Å². The summed E-state index contributed by atoms with van der Waals surface area (Å²) in [6.07, 6.45) is 3.74. The highest BCUT2D eigenvalue weighted by atomic mass is 15.3. The Labute approximate surface area is 124 Å². The van der Waals surface area contributed by atoms with Crippen LogP contribution in [0.4, 0.5) is 5.69 Å². The number of nitrogen functional groups attached to an aromatic ring is 1. The number of hydrogen-bond donors (Lipinski definition) is 2. The van der Waals surface area contributed by atoms with Crippen molar-refractivity contribution < 1.29 is 0 Å². The predicted octanol–water partition coefficient (Wildman–Crippen LogP) is 2.74. The van der Waals surface area contributed by atoms with Crippen LogP contribution in [-0.4, -0.2) is 9.78 Å². The van der Waals surface area contributed by atoms with Crippen molar-refractivity contribution in [1.82, 2.24) is 15.1 Å². The Kier molecular flexibility index (Phi) is 3.98. The highest BCUT2D eigenvalue weighted by molar-refractivity contribution is 5.46. The van der Waals surface area contributed by atoms with Crippen LogP contribution in [0, 0.1) is 0 Å². The van der Waals surface area contributed by atoms with Gasteiger partial charge in [0.25, 0.3) is 0 Å². The number of aromatic nitrogens is 2. The largest absolute Gasteiger partial charge is 0.398 e. The van der Waals surface area contributed by atoms with E-state index in [9.17, 15) is 0 Å². The van der Waals surface area contributed by atoms with Crippen LogP contribution in [0.25, 0.3) is 5.69 Å². The van der Waals surface area contributed by atoms with Crippen molar-refractivity contribution in [1.29, 1.82) is 0 Å². The molecule has 0 radical (unpaired) electrons. The van der Waals surface area contributed by atoms with Crippen molar-refractivity contribution in [3.05, 3.63) is 78.1 Å². The van der Waals surface area contributed by atoms with Crippen LogP contribution in [0.15, 0.2) is 67.0 Å². The van der Waals surface area contributed by atoms with Crippen LogP contribution in [-0.2, 0) is 13.1 Å². The minimum absolute atomic E-state index is 0.750. The van der Waals surface area contributed by atoms with Crippen LogP contribution in [0.3, 0.4) is 0 Å². The van der Waals surface area contributed by atoms with Gasteiger partial charge >= 0.3 is 0 Å². The first kappa shape index (κ1) is 13.4. The molecule has 3 N–H and O–H groups in total. The zero-order valence-electron chi connectivity index (χ0n) is 11.7. The molecule has 0 unspecified atom stereocenters. The van der Waals surface area contributed by atoms with Gasteiger partial charge in [0, 0.05) is 31.2 Å². The maximum absolute atomic E-state index is 5.95. The maximum atomic E-state index is 5.95. The fourth-order valence-corrected chi connectivity index (χ4v) is 2.32. The number of hydrogen-bond acceptors (Lipinski definition) is 3.